The summed E-state index contributed by atoms with van der Waals surface area (Å²) in [6, 6.07) is 15.3. The minimum atomic E-state index is -0.341. The van der Waals surface area contributed by atoms with Crippen LogP contribution in [0.1, 0.15) is 5.56 Å². The standard InChI is InChI=1S/C16H13FN2O/c17-14-8-4-2-6-12(14)10-19-15(18)9-11-5-1-3-7-13(11)16(19)20/h1-9H,10,18H2. The third-order valence-electron chi connectivity index (χ3n) is 3.34. The van der Waals surface area contributed by atoms with Crippen molar-refractivity contribution in [3.63, 3.8) is 0 Å². The van der Waals surface area contributed by atoms with E-state index in [0.717, 1.165) is 5.39 Å². The van der Waals surface area contributed by atoms with Gasteiger partial charge in [-0.25, -0.2) is 4.39 Å². The molecule has 0 atom stereocenters. The van der Waals surface area contributed by atoms with Gasteiger partial charge in [-0.15, -0.1) is 0 Å². The van der Waals surface area contributed by atoms with E-state index in [2.05, 4.69) is 0 Å². The van der Waals surface area contributed by atoms with Crippen LogP contribution in [-0.2, 0) is 6.54 Å². The van der Waals surface area contributed by atoms with E-state index in [1.165, 1.54) is 10.6 Å². The second-order valence-electron chi connectivity index (χ2n) is 4.64. The average molecular weight is 268 g/mol. The molecule has 3 aromatic rings. The maximum atomic E-state index is 13.7. The van der Waals surface area contributed by atoms with Gasteiger partial charge in [0, 0.05) is 10.9 Å². The van der Waals surface area contributed by atoms with Crippen LogP contribution in [-0.4, -0.2) is 4.57 Å². The Labute approximate surface area is 115 Å². The van der Waals surface area contributed by atoms with Crippen molar-refractivity contribution in [1.29, 1.82) is 0 Å². The first-order valence-corrected chi connectivity index (χ1v) is 6.28. The van der Waals surface area contributed by atoms with Gasteiger partial charge in [0.2, 0.25) is 0 Å². The Balaban J connectivity index is 2.17. The highest BCUT2D eigenvalue weighted by atomic mass is 19.1. The lowest BCUT2D eigenvalue weighted by molar-refractivity contribution is 0.598. The predicted molar refractivity (Wildman–Crippen MR) is 78.1 cm³/mol. The highest BCUT2D eigenvalue weighted by Gasteiger charge is 2.09. The summed E-state index contributed by atoms with van der Waals surface area (Å²) in [4.78, 5) is 12.4. The molecule has 1 heterocycles. The van der Waals surface area contributed by atoms with E-state index in [0.29, 0.717) is 16.8 Å². The minimum absolute atomic E-state index is 0.127. The number of hydrogen-bond donors (Lipinski definition) is 1. The summed E-state index contributed by atoms with van der Waals surface area (Å²) >= 11 is 0. The van der Waals surface area contributed by atoms with Crippen molar-refractivity contribution < 1.29 is 4.39 Å². The molecule has 4 heteroatoms. The SMILES string of the molecule is Nc1cc2ccccc2c(=O)n1Cc1ccccc1F. The summed E-state index contributed by atoms with van der Waals surface area (Å²) in [7, 11) is 0. The van der Waals surface area contributed by atoms with Gasteiger partial charge >= 0.3 is 0 Å². The molecule has 1 aromatic heterocycles. The summed E-state index contributed by atoms with van der Waals surface area (Å²) in [6.45, 7) is 0.127. The lowest BCUT2D eigenvalue weighted by atomic mass is 10.1. The highest BCUT2D eigenvalue weighted by Crippen LogP contribution is 2.15. The number of nitrogens with zero attached hydrogens (tertiary/aromatic N) is 1. The molecule has 0 unspecified atom stereocenters. The number of anilines is 1. The topological polar surface area (TPSA) is 48.0 Å². The van der Waals surface area contributed by atoms with Gasteiger partial charge in [-0.3, -0.25) is 9.36 Å². The van der Waals surface area contributed by atoms with Crippen LogP contribution < -0.4 is 11.3 Å². The molecule has 0 radical (unpaired) electrons. The number of nitrogens with two attached hydrogens (primary N) is 1. The van der Waals surface area contributed by atoms with Crippen LogP contribution in [0.2, 0.25) is 0 Å². The van der Waals surface area contributed by atoms with Crippen molar-refractivity contribution in [3.05, 3.63) is 76.3 Å². The summed E-state index contributed by atoms with van der Waals surface area (Å²) in [5.74, 6) is -0.0103. The summed E-state index contributed by atoms with van der Waals surface area (Å²) in [5, 5.41) is 1.37. The smallest absolute Gasteiger partial charge is 0.260 e. The lowest BCUT2D eigenvalue weighted by Gasteiger charge is -2.11. The molecule has 0 bridgehead atoms. The quantitative estimate of drug-likeness (QED) is 0.777. The van der Waals surface area contributed by atoms with Crippen LogP contribution in [0.25, 0.3) is 10.8 Å². The molecule has 20 heavy (non-hydrogen) atoms. The molecular weight excluding hydrogens is 255 g/mol. The molecular formula is C16H13FN2O. The number of halogens is 1. The first-order valence-electron chi connectivity index (χ1n) is 6.28. The molecule has 0 saturated carbocycles. The zero-order valence-corrected chi connectivity index (χ0v) is 10.7. The molecule has 0 fully saturated rings. The van der Waals surface area contributed by atoms with Gasteiger partial charge in [0.15, 0.2) is 0 Å². The van der Waals surface area contributed by atoms with E-state index in [1.54, 1.807) is 36.4 Å². The Morgan fingerprint density at radius 2 is 1.75 bits per heavy atom. The van der Waals surface area contributed by atoms with Crippen molar-refractivity contribution in [1.82, 2.24) is 4.57 Å². The summed E-state index contributed by atoms with van der Waals surface area (Å²) in [6.07, 6.45) is 0. The normalized spacial score (nSPS) is 10.8. The molecule has 0 amide bonds. The molecule has 0 aliphatic heterocycles. The number of hydrogen-bond acceptors (Lipinski definition) is 2. The second-order valence-corrected chi connectivity index (χ2v) is 4.64. The molecule has 2 aromatic carbocycles. The van der Waals surface area contributed by atoms with Crippen LogP contribution >= 0.6 is 0 Å². The van der Waals surface area contributed by atoms with Crippen molar-refractivity contribution in [2.24, 2.45) is 0 Å². The van der Waals surface area contributed by atoms with Gasteiger partial charge in [-0.2, -0.15) is 0 Å². The maximum Gasteiger partial charge on any atom is 0.260 e. The molecule has 100 valence electrons. The minimum Gasteiger partial charge on any atom is -0.385 e. The van der Waals surface area contributed by atoms with Gasteiger partial charge < -0.3 is 5.73 Å². The second kappa shape index (κ2) is 4.81. The third kappa shape index (κ3) is 2.05. The Morgan fingerprint density at radius 3 is 2.55 bits per heavy atom. The number of pyridine rings is 1. The van der Waals surface area contributed by atoms with Crippen molar-refractivity contribution in [2.45, 2.75) is 6.54 Å². The Morgan fingerprint density at radius 1 is 1.05 bits per heavy atom. The first kappa shape index (κ1) is 12.4. The molecule has 0 saturated heterocycles. The largest absolute Gasteiger partial charge is 0.385 e. The highest BCUT2D eigenvalue weighted by molar-refractivity contribution is 5.83. The fraction of sp³-hybridized carbons (Fsp3) is 0.0625. The molecule has 3 rings (SSSR count). The van der Waals surface area contributed by atoms with E-state index in [1.807, 2.05) is 12.1 Å². The number of fused-ring (bicyclic) bond motifs is 1. The van der Waals surface area contributed by atoms with Crippen LogP contribution in [0, 0.1) is 5.82 Å². The Kier molecular flexibility index (Phi) is 2.99. The van der Waals surface area contributed by atoms with Gasteiger partial charge in [0.05, 0.1) is 6.54 Å². The van der Waals surface area contributed by atoms with Gasteiger partial charge in [0.1, 0.15) is 11.6 Å². The van der Waals surface area contributed by atoms with E-state index < -0.39 is 0 Å². The van der Waals surface area contributed by atoms with E-state index in [4.69, 9.17) is 5.73 Å². The maximum absolute atomic E-state index is 13.7. The molecule has 0 aliphatic carbocycles. The van der Waals surface area contributed by atoms with Crippen molar-refractivity contribution in [3.8, 4) is 0 Å². The zero-order chi connectivity index (χ0) is 14.1. The molecule has 3 nitrogen and oxygen atoms in total. The van der Waals surface area contributed by atoms with Crippen molar-refractivity contribution >= 4 is 16.6 Å². The number of aromatic nitrogens is 1. The summed E-state index contributed by atoms with van der Waals surface area (Å²) < 4.78 is 15.1. The molecule has 0 aliphatic rings. The average Bonchev–Trinajstić information content (AvgIpc) is 2.45. The van der Waals surface area contributed by atoms with Gasteiger partial charge in [0.25, 0.3) is 5.56 Å². The van der Waals surface area contributed by atoms with Crippen molar-refractivity contribution in [2.75, 3.05) is 5.73 Å². The monoisotopic (exact) mass is 268 g/mol. The first-order chi connectivity index (χ1) is 9.66. The number of nitrogen functional groups attached to an aromatic ring is 1. The van der Waals surface area contributed by atoms with Gasteiger partial charge in [-0.1, -0.05) is 36.4 Å². The predicted octanol–water partition coefficient (Wildman–Crippen LogP) is 2.77. The number of benzene rings is 2. The molecule has 0 spiro atoms. The fourth-order valence-electron chi connectivity index (χ4n) is 2.28. The van der Waals surface area contributed by atoms with Crippen LogP contribution in [0.4, 0.5) is 10.2 Å². The zero-order valence-electron chi connectivity index (χ0n) is 10.7. The Hall–Kier alpha value is -2.62. The number of rotatable bonds is 2. The van der Waals surface area contributed by atoms with E-state index in [-0.39, 0.29) is 17.9 Å². The Bertz CT molecular complexity index is 839. The van der Waals surface area contributed by atoms with Crippen LogP contribution in [0.5, 0.6) is 0 Å². The molecule has 2 N–H and O–H groups in total. The van der Waals surface area contributed by atoms with Gasteiger partial charge in [-0.05, 0) is 23.6 Å². The fourth-order valence-corrected chi connectivity index (χ4v) is 2.28. The van der Waals surface area contributed by atoms with E-state index in [9.17, 15) is 9.18 Å². The van der Waals surface area contributed by atoms with Crippen LogP contribution in [0.15, 0.2) is 59.4 Å². The van der Waals surface area contributed by atoms with Crippen LogP contribution in [0.3, 0.4) is 0 Å². The summed E-state index contributed by atoms with van der Waals surface area (Å²) in [5.41, 5.74) is 6.16. The van der Waals surface area contributed by atoms with E-state index >= 15 is 0 Å². The third-order valence-corrected chi connectivity index (χ3v) is 3.34. The lowest BCUT2D eigenvalue weighted by Crippen LogP contribution is -2.24.